The number of allylic oxidation sites excluding steroid dienone is 1. The Kier molecular flexibility index (Phi) is 10.7. The van der Waals surface area contributed by atoms with E-state index in [-0.39, 0.29) is 18.2 Å². The first kappa shape index (κ1) is 33.3. The number of esters is 1. The summed E-state index contributed by atoms with van der Waals surface area (Å²) in [4.78, 5) is 63.3. The first-order valence-electron chi connectivity index (χ1n) is 13.5. The SMILES string of the molecule is C/C(OS(C)(=O)=O)=C(\C(=O)OCc1ccc([N+](=O)[O-])cc1)N1C(=O)C(NC(=O)COc2ccccc2)C1SC(=O)OCC1CC1. The summed E-state index contributed by atoms with van der Waals surface area (Å²) in [5, 5.41) is 11.4. The second kappa shape index (κ2) is 14.4. The summed E-state index contributed by atoms with van der Waals surface area (Å²) in [6.07, 6.45) is 2.54. The zero-order valence-corrected chi connectivity index (χ0v) is 25.7. The Balaban J connectivity index is 1.55. The molecule has 4 rings (SSSR count). The fourth-order valence-electron chi connectivity index (χ4n) is 4.05. The number of rotatable bonds is 14. The molecule has 2 atom stereocenters. The number of hydrogen-bond donors (Lipinski definition) is 1. The summed E-state index contributed by atoms with van der Waals surface area (Å²) in [5.41, 5.74) is -0.473. The molecule has 1 heterocycles. The van der Waals surface area contributed by atoms with Gasteiger partial charge >= 0.3 is 21.4 Å². The van der Waals surface area contributed by atoms with E-state index in [1.165, 1.54) is 24.3 Å². The maximum absolute atomic E-state index is 13.4. The quantitative estimate of drug-likeness (QED) is 0.0589. The molecule has 2 aromatic carbocycles. The Morgan fingerprint density at radius 1 is 1.07 bits per heavy atom. The van der Waals surface area contributed by atoms with Gasteiger partial charge in [-0.2, -0.15) is 8.42 Å². The van der Waals surface area contributed by atoms with Crippen molar-refractivity contribution in [3.63, 3.8) is 0 Å². The molecule has 0 bridgehead atoms. The predicted molar refractivity (Wildman–Crippen MR) is 158 cm³/mol. The van der Waals surface area contributed by atoms with Gasteiger partial charge in [-0.1, -0.05) is 18.2 Å². The Hall–Kier alpha value is -4.64. The van der Waals surface area contributed by atoms with Gasteiger partial charge in [0.2, 0.25) is 0 Å². The molecule has 1 N–H and O–H groups in total. The van der Waals surface area contributed by atoms with Gasteiger partial charge in [-0.05, 0) is 67.3 Å². The Bertz CT molecular complexity index is 1590. The molecule has 0 aromatic heterocycles. The van der Waals surface area contributed by atoms with E-state index in [0.29, 0.717) is 23.1 Å². The van der Waals surface area contributed by atoms with Crippen LogP contribution in [0.2, 0.25) is 0 Å². The number of benzene rings is 2. The molecule has 1 saturated carbocycles. The summed E-state index contributed by atoms with van der Waals surface area (Å²) in [6.45, 7) is 0.397. The number of non-ortho nitro benzene ring substituents is 1. The normalized spacial score (nSPS) is 18.2. The van der Waals surface area contributed by atoms with Crippen LogP contribution in [0.25, 0.3) is 0 Å². The third kappa shape index (κ3) is 9.42. The van der Waals surface area contributed by atoms with Crippen molar-refractivity contribution in [3.05, 3.63) is 81.7 Å². The molecule has 1 aliphatic carbocycles. The van der Waals surface area contributed by atoms with Gasteiger partial charge in [-0.15, -0.1) is 0 Å². The van der Waals surface area contributed by atoms with Gasteiger partial charge in [-0.25, -0.2) is 9.59 Å². The van der Waals surface area contributed by atoms with Crippen LogP contribution in [0.15, 0.2) is 66.1 Å². The average molecular weight is 664 g/mol. The van der Waals surface area contributed by atoms with Gasteiger partial charge in [0.1, 0.15) is 29.5 Å². The number of nitrogens with zero attached hydrogens (tertiary/aromatic N) is 2. The van der Waals surface area contributed by atoms with Crippen molar-refractivity contribution >= 4 is 50.7 Å². The standard InChI is InChI=1S/C28H29N3O12S2/c1-17(43-45(2,38)39)24(27(34)41-14-19-10-12-20(13-11-19)31(36)37)30-25(33)23(26(30)44-28(35)42-15-18-8-9-18)29-22(32)16-40-21-6-4-3-5-7-21/h3-7,10-13,18,23,26H,8-9,14-16H2,1-2H3,(H,29,32)/b24-17-. The number of para-hydroxylation sites is 1. The fraction of sp³-hybridized carbons (Fsp3) is 0.357. The van der Waals surface area contributed by atoms with Crippen LogP contribution in [0.4, 0.5) is 10.5 Å². The lowest BCUT2D eigenvalue weighted by molar-refractivity contribution is -0.384. The molecule has 45 heavy (non-hydrogen) atoms. The van der Waals surface area contributed by atoms with Crippen molar-refractivity contribution in [1.82, 2.24) is 10.2 Å². The molecule has 240 valence electrons. The van der Waals surface area contributed by atoms with Crippen LogP contribution in [0.5, 0.6) is 5.75 Å². The lowest BCUT2D eigenvalue weighted by Crippen LogP contribution is -2.70. The molecule has 17 heteroatoms. The van der Waals surface area contributed by atoms with Crippen LogP contribution in [0.1, 0.15) is 25.3 Å². The molecule has 2 aliphatic rings. The van der Waals surface area contributed by atoms with Crippen molar-refractivity contribution in [1.29, 1.82) is 0 Å². The number of carbonyl (C=O) groups excluding carboxylic acids is 4. The highest BCUT2D eigenvalue weighted by Crippen LogP contribution is 2.37. The minimum atomic E-state index is -4.19. The number of likely N-dealkylation sites (tertiary alicyclic amines) is 1. The molecule has 1 aliphatic heterocycles. The molecule has 1 saturated heterocycles. The second-order valence-electron chi connectivity index (χ2n) is 10.1. The van der Waals surface area contributed by atoms with Gasteiger partial charge in [0.25, 0.3) is 17.5 Å². The van der Waals surface area contributed by atoms with E-state index in [2.05, 4.69) is 5.32 Å². The van der Waals surface area contributed by atoms with Crippen molar-refractivity contribution in [3.8, 4) is 5.75 Å². The Morgan fingerprint density at radius 3 is 2.33 bits per heavy atom. The summed E-state index contributed by atoms with van der Waals surface area (Å²) in [7, 11) is -4.19. The summed E-state index contributed by atoms with van der Waals surface area (Å²) < 4.78 is 44.8. The van der Waals surface area contributed by atoms with Crippen LogP contribution in [0.3, 0.4) is 0 Å². The van der Waals surface area contributed by atoms with Gasteiger partial charge in [-0.3, -0.25) is 24.6 Å². The third-order valence-electron chi connectivity index (χ3n) is 6.38. The van der Waals surface area contributed by atoms with Crippen LogP contribution >= 0.6 is 11.8 Å². The number of carbonyl (C=O) groups is 4. The average Bonchev–Trinajstić information content (AvgIpc) is 3.83. The number of nitrogens with one attached hydrogen (secondary N) is 1. The molecular formula is C28H29N3O12S2. The summed E-state index contributed by atoms with van der Waals surface area (Å²) >= 11 is 0.510. The number of ether oxygens (including phenoxy) is 3. The van der Waals surface area contributed by atoms with E-state index in [1.54, 1.807) is 30.3 Å². The molecular weight excluding hydrogens is 634 g/mol. The number of nitro benzene ring substituents is 1. The van der Waals surface area contributed by atoms with E-state index in [9.17, 15) is 37.7 Å². The minimum Gasteiger partial charge on any atom is -0.484 e. The molecule has 2 fully saturated rings. The number of hydrogen-bond acceptors (Lipinski definition) is 13. The van der Waals surface area contributed by atoms with Crippen molar-refractivity contribution in [2.75, 3.05) is 19.5 Å². The minimum absolute atomic E-state index is 0.157. The maximum Gasteiger partial charge on any atom is 0.369 e. The van der Waals surface area contributed by atoms with Gasteiger partial charge in [0.15, 0.2) is 12.3 Å². The molecule has 15 nitrogen and oxygen atoms in total. The van der Waals surface area contributed by atoms with E-state index >= 15 is 0 Å². The second-order valence-corrected chi connectivity index (χ2v) is 12.7. The molecule has 0 spiro atoms. The number of thioether (sulfide) groups is 1. The van der Waals surface area contributed by atoms with Crippen molar-refractivity contribution in [2.45, 2.75) is 37.8 Å². The number of nitro groups is 1. The molecule has 2 amide bonds. The van der Waals surface area contributed by atoms with Crippen LogP contribution in [0, 0.1) is 16.0 Å². The van der Waals surface area contributed by atoms with Gasteiger partial charge in [0, 0.05) is 12.1 Å². The van der Waals surface area contributed by atoms with Crippen molar-refractivity contribution < 1.29 is 50.9 Å². The monoisotopic (exact) mass is 663 g/mol. The largest absolute Gasteiger partial charge is 0.484 e. The summed E-state index contributed by atoms with van der Waals surface area (Å²) in [5.74, 6) is -2.67. The fourth-order valence-corrected chi connectivity index (χ4v) is 5.55. The van der Waals surface area contributed by atoms with Crippen LogP contribution in [-0.2, 0) is 44.8 Å². The van der Waals surface area contributed by atoms with E-state index in [1.807, 2.05) is 0 Å². The van der Waals surface area contributed by atoms with Gasteiger partial charge in [0.05, 0.1) is 17.8 Å². The molecule has 2 unspecified atom stereocenters. The lowest BCUT2D eigenvalue weighted by atomic mass is 10.1. The number of β-lactam (4-membered cyclic amide) rings is 1. The highest BCUT2D eigenvalue weighted by molar-refractivity contribution is 8.13. The zero-order valence-electron chi connectivity index (χ0n) is 24.1. The third-order valence-corrected chi connectivity index (χ3v) is 7.97. The number of amides is 2. The maximum atomic E-state index is 13.4. The van der Waals surface area contributed by atoms with E-state index in [0.717, 1.165) is 30.9 Å². The Morgan fingerprint density at radius 2 is 1.73 bits per heavy atom. The van der Waals surface area contributed by atoms with Crippen molar-refractivity contribution in [2.24, 2.45) is 5.92 Å². The first-order valence-corrected chi connectivity index (χ1v) is 16.2. The highest BCUT2D eigenvalue weighted by Gasteiger charge is 2.54. The van der Waals surface area contributed by atoms with E-state index in [4.69, 9.17) is 18.4 Å². The lowest BCUT2D eigenvalue weighted by Gasteiger charge is -2.46. The predicted octanol–water partition coefficient (Wildman–Crippen LogP) is 2.86. The topological polar surface area (TPSA) is 198 Å². The van der Waals surface area contributed by atoms with E-state index < -0.39 is 74.2 Å². The molecule has 2 aromatic rings. The zero-order chi connectivity index (χ0) is 32.7. The first-order chi connectivity index (χ1) is 21.3. The molecule has 0 radical (unpaired) electrons. The summed E-state index contributed by atoms with van der Waals surface area (Å²) in [6, 6.07) is 12.2. The highest BCUT2D eigenvalue weighted by atomic mass is 32.2. The Labute approximate surface area is 262 Å². The smallest absolute Gasteiger partial charge is 0.369 e. The van der Waals surface area contributed by atoms with Gasteiger partial charge < -0.3 is 23.7 Å². The van der Waals surface area contributed by atoms with Crippen LogP contribution in [-0.4, -0.2) is 72.2 Å². The van der Waals surface area contributed by atoms with Crippen LogP contribution < -0.4 is 10.1 Å².